The van der Waals surface area contributed by atoms with Crippen molar-refractivity contribution in [2.75, 3.05) is 13.1 Å². The Morgan fingerprint density at radius 3 is 2.50 bits per heavy atom. The molecule has 1 aliphatic rings. The van der Waals surface area contributed by atoms with Crippen LogP contribution in [0.15, 0.2) is 67.0 Å². The Balaban J connectivity index is 1.43. The minimum absolute atomic E-state index is 0.0347. The van der Waals surface area contributed by atoms with E-state index in [1.807, 2.05) is 44.6 Å². The number of carbonyl (C=O) groups excluding carboxylic acids is 1. The molecular formula is C23H26N4O. The molecule has 1 unspecified atom stereocenters. The van der Waals surface area contributed by atoms with E-state index in [2.05, 4.69) is 52.1 Å². The number of carbonyl (C=O) groups is 1. The predicted molar refractivity (Wildman–Crippen MR) is 111 cm³/mol. The van der Waals surface area contributed by atoms with Crippen molar-refractivity contribution in [1.82, 2.24) is 20.4 Å². The zero-order chi connectivity index (χ0) is 19.5. The van der Waals surface area contributed by atoms with Crippen molar-refractivity contribution >= 4 is 5.91 Å². The number of nitrogens with one attached hydrogen (secondary N) is 2. The van der Waals surface area contributed by atoms with Crippen LogP contribution < -0.4 is 10.6 Å². The second-order valence-corrected chi connectivity index (χ2v) is 7.54. The van der Waals surface area contributed by atoms with E-state index in [0.717, 1.165) is 17.7 Å². The van der Waals surface area contributed by atoms with Crippen LogP contribution in [0.4, 0.5) is 0 Å². The summed E-state index contributed by atoms with van der Waals surface area (Å²) in [5.41, 5.74) is 4.60. The van der Waals surface area contributed by atoms with E-state index in [0.29, 0.717) is 6.54 Å². The fraction of sp³-hybridized carbons (Fsp3) is 0.304. The second-order valence-electron chi connectivity index (χ2n) is 7.54. The Bertz CT molecular complexity index is 933. The highest BCUT2D eigenvalue weighted by atomic mass is 16.2. The van der Waals surface area contributed by atoms with Gasteiger partial charge < -0.3 is 10.6 Å². The third-order valence-corrected chi connectivity index (χ3v) is 5.58. The van der Waals surface area contributed by atoms with Gasteiger partial charge in [-0.25, -0.2) is 0 Å². The van der Waals surface area contributed by atoms with E-state index in [1.54, 1.807) is 4.68 Å². The fourth-order valence-electron chi connectivity index (χ4n) is 3.93. The van der Waals surface area contributed by atoms with Crippen molar-refractivity contribution in [1.29, 1.82) is 0 Å². The van der Waals surface area contributed by atoms with Crippen LogP contribution in [-0.4, -0.2) is 28.8 Å². The van der Waals surface area contributed by atoms with E-state index in [4.69, 9.17) is 0 Å². The fourth-order valence-corrected chi connectivity index (χ4v) is 3.93. The molecule has 0 aliphatic carbocycles. The topological polar surface area (TPSA) is 59.0 Å². The summed E-state index contributed by atoms with van der Waals surface area (Å²) in [4.78, 5) is 12.9. The Morgan fingerprint density at radius 1 is 1.11 bits per heavy atom. The molecule has 5 heteroatoms. The average molecular weight is 374 g/mol. The molecule has 0 radical (unpaired) electrons. The minimum Gasteiger partial charge on any atom is -0.349 e. The number of hydrogen-bond donors (Lipinski definition) is 2. The number of rotatable bonds is 5. The van der Waals surface area contributed by atoms with Gasteiger partial charge in [-0.05, 0) is 29.2 Å². The Hall–Kier alpha value is -2.92. The maximum atomic E-state index is 12.9. The maximum absolute atomic E-state index is 12.9. The summed E-state index contributed by atoms with van der Waals surface area (Å²) in [6, 6.07) is 18.7. The molecule has 4 rings (SSSR count). The van der Waals surface area contributed by atoms with Crippen molar-refractivity contribution in [2.24, 2.45) is 13.0 Å². The van der Waals surface area contributed by atoms with Gasteiger partial charge in [-0.2, -0.15) is 5.10 Å². The molecule has 3 aromatic rings. The molecule has 2 heterocycles. The second kappa shape index (κ2) is 7.98. The smallest absolute Gasteiger partial charge is 0.225 e. The number of amides is 1. The third-order valence-electron chi connectivity index (χ3n) is 5.58. The summed E-state index contributed by atoms with van der Waals surface area (Å²) in [6.45, 7) is 3.55. The van der Waals surface area contributed by atoms with Gasteiger partial charge in [0.15, 0.2) is 0 Å². The minimum atomic E-state index is -0.0739. The highest BCUT2D eigenvalue weighted by Crippen LogP contribution is 2.29. The predicted octanol–water partition coefficient (Wildman–Crippen LogP) is 3.27. The van der Waals surface area contributed by atoms with Crippen LogP contribution >= 0.6 is 0 Å². The van der Waals surface area contributed by atoms with E-state index in [9.17, 15) is 4.79 Å². The summed E-state index contributed by atoms with van der Waals surface area (Å²) < 4.78 is 1.79. The maximum Gasteiger partial charge on any atom is 0.225 e. The Morgan fingerprint density at radius 2 is 1.82 bits per heavy atom. The molecule has 0 saturated carbocycles. The summed E-state index contributed by atoms with van der Waals surface area (Å²) in [5, 5.41) is 10.8. The number of aryl methyl sites for hydroxylation is 1. The molecule has 5 nitrogen and oxygen atoms in total. The van der Waals surface area contributed by atoms with Crippen molar-refractivity contribution in [3.8, 4) is 11.1 Å². The van der Waals surface area contributed by atoms with Crippen LogP contribution in [0.25, 0.3) is 11.1 Å². The molecule has 1 amide bonds. The molecule has 2 aromatic carbocycles. The van der Waals surface area contributed by atoms with Crippen LogP contribution in [0.2, 0.25) is 0 Å². The van der Waals surface area contributed by atoms with Gasteiger partial charge in [-0.3, -0.25) is 9.48 Å². The van der Waals surface area contributed by atoms with Crippen LogP contribution in [0.3, 0.4) is 0 Å². The number of aromatic nitrogens is 2. The van der Waals surface area contributed by atoms with Crippen LogP contribution in [0, 0.1) is 5.92 Å². The lowest BCUT2D eigenvalue weighted by molar-refractivity contribution is -0.125. The molecule has 0 spiro atoms. The van der Waals surface area contributed by atoms with Gasteiger partial charge in [0.25, 0.3) is 0 Å². The van der Waals surface area contributed by atoms with Crippen LogP contribution in [0.1, 0.15) is 30.0 Å². The van der Waals surface area contributed by atoms with Crippen LogP contribution in [0.5, 0.6) is 0 Å². The molecule has 3 atom stereocenters. The molecule has 1 saturated heterocycles. The normalized spacial score (nSPS) is 20.1. The lowest BCUT2D eigenvalue weighted by atomic mass is 9.90. The molecule has 144 valence electrons. The molecule has 0 bridgehead atoms. The Kier molecular flexibility index (Phi) is 5.26. The first-order chi connectivity index (χ1) is 13.6. The van der Waals surface area contributed by atoms with Gasteiger partial charge in [0, 0.05) is 32.3 Å². The summed E-state index contributed by atoms with van der Waals surface area (Å²) in [6.07, 6.45) is 3.87. The monoisotopic (exact) mass is 374 g/mol. The lowest BCUT2D eigenvalue weighted by Gasteiger charge is -2.21. The molecule has 28 heavy (non-hydrogen) atoms. The zero-order valence-electron chi connectivity index (χ0n) is 16.3. The van der Waals surface area contributed by atoms with Gasteiger partial charge in [-0.1, -0.05) is 54.6 Å². The van der Waals surface area contributed by atoms with Crippen molar-refractivity contribution in [3.05, 3.63) is 78.1 Å². The zero-order valence-corrected chi connectivity index (χ0v) is 16.3. The van der Waals surface area contributed by atoms with Crippen molar-refractivity contribution < 1.29 is 4.79 Å². The SMILES string of the molecule is CC(NC(=O)[C@H]1CNC[C@@H]1c1cnn(C)c1)c1ccc(-c2ccccc2)cc1. The van der Waals surface area contributed by atoms with Gasteiger partial charge >= 0.3 is 0 Å². The average Bonchev–Trinajstić information content (AvgIpc) is 3.37. The van der Waals surface area contributed by atoms with E-state index >= 15 is 0 Å². The highest BCUT2D eigenvalue weighted by molar-refractivity contribution is 5.81. The first-order valence-corrected chi connectivity index (χ1v) is 9.77. The van der Waals surface area contributed by atoms with E-state index in [-0.39, 0.29) is 23.8 Å². The van der Waals surface area contributed by atoms with Crippen molar-refractivity contribution in [2.45, 2.75) is 18.9 Å². The molecule has 1 fully saturated rings. The molecule has 1 aliphatic heterocycles. The Labute approximate surface area is 165 Å². The summed E-state index contributed by atoms with van der Waals surface area (Å²) in [7, 11) is 1.90. The van der Waals surface area contributed by atoms with E-state index in [1.165, 1.54) is 11.1 Å². The number of hydrogen-bond acceptors (Lipinski definition) is 3. The first kappa shape index (κ1) is 18.4. The number of nitrogens with zero attached hydrogens (tertiary/aromatic N) is 2. The largest absolute Gasteiger partial charge is 0.349 e. The third kappa shape index (κ3) is 3.85. The first-order valence-electron chi connectivity index (χ1n) is 9.77. The molecule has 2 N–H and O–H groups in total. The quantitative estimate of drug-likeness (QED) is 0.721. The van der Waals surface area contributed by atoms with Gasteiger partial charge in [0.05, 0.1) is 18.2 Å². The highest BCUT2D eigenvalue weighted by Gasteiger charge is 2.35. The van der Waals surface area contributed by atoms with Gasteiger partial charge in [0.2, 0.25) is 5.91 Å². The standard InChI is InChI=1S/C23H26N4O/c1-16(17-8-10-19(11-9-17)18-6-4-3-5-7-18)26-23(28)22-14-24-13-21(22)20-12-25-27(2)15-20/h3-12,15-16,21-22,24H,13-14H2,1-2H3,(H,26,28)/t16?,21-,22+/m1/s1. The lowest BCUT2D eigenvalue weighted by Crippen LogP contribution is -2.35. The molecular weight excluding hydrogens is 348 g/mol. The van der Waals surface area contributed by atoms with E-state index < -0.39 is 0 Å². The number of benzene rings is 2. The van der Waals surface area contributed by atoms with Crippen LogP contribution in [-0.2, 0) is 11.8 Å². The van der Waals surface area contributed by atoms with Gasteiger partial charge in [0.1, 0.15) is 0 Å². The van der Waals surface area contributed by atoms with Gasteiger partial charge in [-0.15, -0.1) is 0 Å². The molecule has 1 aromatic heterocycles. The van der Waals surface area contributed by atoms with Crippen molar-refractivity contribution in [3.63, 3.8) is 0 Å². The summed E-state index contributed by atoms with van der Waals surface area (Å²) in [5.74, 6) is 0.190. The summed E-state index contributed by atoms with van der Waals surface area (Å²) >= 11 is 0.